The summed E-state index contributed by atoms with van der Waals surface area (Å²) in [5, 5.41) is 18.4. The third-order valence-corrected chi connectivity index (χ3v) is 6.05. The van der Waals surface area contributed by atoms with Gasteiger partial charge in [0.2, 0.25) is 11.6 Å². The number of esters is 1. The topological polar surface area (TPSA) is 66.8 Å². The van der Waals surface area contributed by atoms with E-state index in [-0.39, 0.29) is 17.0 Å². The van der Waals surface area contributed by atoms with Crippen molar-refractivity contribution in [2.75, 3.05) is 0 Å². The first-order chi connectivity index (χ1) is 16.2. The van der Waals surface area contributed by atoms with Gasteiger partial charge in [-0.15, -0.1) is 0 Å². The Morgan fingerprint density at radius 1 is 0.735 bits per heavy atom. The van der Waals surface area contributed by atoms with Crippen LogP contribution >= 0.6 is 0 Å². The van der Waals surface area contributed by atoms with Crippen LogP contribution in [0.25, 0.3) is 11.1 Å². The fraction of sp³-hybridized carbons (Fsp3) is 0.240. The van der Waals surface area contributed by atoms with Crippen molar-refractivity contribution in [1.82, 2.24) is 0 Å². The number of hydrogen-bond acceptors (Lipinski definition) is 4. The lowest BCUT2D eigenvalue weighted by Crippen LogP contribution is -2.24. The molecule has 4 nitrogen and oxygen atoms in total. The van der Waals surface area contributed by atoms with E-state index in [2.05, 4.69) is 0 Å². The summed E-state index contributed by atoms with van der Waals surface area (Å²) in [6, 6.07) is 8.03. The zero-order chi connectivity index (χ0) is 24.6. The number of carbonyl (C=O) groups is 1. The van der Waals surface area contributed by atoms with Crippen LogP contribution in [0.4, 0.5) is 22.0 Å². The molecule has 3 aromatic carbocycles. The molecular formula is C25H19F5O4. The summed E-state index contributed by atoms with van der Waals surface area (Å²) in [5.74, 6) is -9.47. The Morgan fingerprint density at radius 3 is 1.97 bits per heavy atom. The first kappa shape index (κ1) is 23.5. The molecule has 34 heavy (non-hydrogen) atoms. The van der Waals surface area contributed by atoms with Crippen LogP contribution in [0.2, 0.25) is 0 Å². The van der Waals surface area contributed by atoms with Crippen molar-refractivity contribution in [1.29, 1.82) is 0 Å². The molecule has 0 amide bonds. The fourth-order valence-electron chi connectivity index (χ4n) is 4.18. The number of carbonyl (C=O) groups excluding carboxylic acids is 1. The van der Waals surface area contributed by atoms with Gasteiger partial charge in [0, 0.05) is 11.1 Å². The summed E-state index contributed by atoms with van der Waals surface area (Å²) in [7, 11) is 0. The summed E-state index contributed by atoms with van der Waals surface area (Å²) in [5.41, 5.74) is -0.441. The molecule has 1 fully saturated rings. The smallest absolute Gasteiger partial charge is 0.341 e. The molecule has 0 spiro atoms. The van der Waals surface area contributed by atoms with Crippen LogP contribution in [0.5, 0.6) is 11.5 Å². The van der Waals surface area contributed by atoms with Gasteiger partial charge in [-0.1, -0.05) is 12.1 Å². The first-order valence-electron chi connectivity index (χ1n) is 10.5. The summed E-state index contributed by atoms with van der Waals surface area (Å²) in [6.07, 6.45) is 1.30. The first-order valence-corrected chi connectivity index (χ1v) is 10.5. The van der Waals surface area contributed by atoms with Crippen LogP contribution in [0, 0.1) is 29.1 Å². The minimum atomic E-state index is -1.53. The van der Waals surface area contributed by atoms with Crippen LogP contribution in [-0.2, 0) is 4.74 Å². The third kappa shape index (κ3) is 4.42. The van der Waals surface area contributed by atoms with E-state index in [0.717, 1.165) is 24.3 Å². The van der Waals surface area contributed by atoms with E-state index in [0.29, 0.717) is 31.2 Å². The van der Waals surface area contributed by atoms with Gasteiger partial charge >= 0.3 is 5.97 Å². The number of halogens is 5. The molecule has 3 aromatic rings. The molecule has 0 unspecified atom stereocenters. The summed E-state index contributed by atoms with van der Waals surface area (Å²) in [6.45, 7) is 0. The van der Waals surface area contributed by atoms with Crippen molar-refractivity contribution in [2.24, 2.45) is 0 Å². The minimum absolute atomic E-state index is 0.0808. The minimum Gasteiger partial charge on any atom is -0.505 e. The summed E-state index contributed by atoms with van der Waals surface area (Å²) in [4.78, 5) is 12.2. The van der Waals surface area contributed by atoms with Gasteiger partial charge in [0.05, 0.1) is 5.56 Å². The molecule has 0 saturated heterocycles. The molecule has 2 N–H and O–H groups in total. The van der Waals surface area contributed by atoms with Crippen molar-refractivity contribution in [2.45, 2.75) is 37.7 Å². The van der Waals surface area contributed by atoms with Crippen LogP contribution < -0.4 is 0 Å². The number of phenolic OH excluding ortho intramolecular Hbond substituents is 2. The van der Waals surface area contributed by atoms with Gasteiger partial charge < -0.3 is 14.9 Å². The average molecular weight is 478 g/mol. The van der Waals surface area contributed by atoms with Gasteiger partial charge in [-0.05, 0) is 67.5 Å². The van der Waals surface area contributed by atoms with Gasteiger partial charge in [-0.3, -0.25) is 0 Å². The second kappa shape index (κ2) is 9.32. The highest BCUT2D eigenvalue weighted by Gasteiger charge is 2.28. The maximum atomic E-state index is 14.7. The van der Waals surface area contributed by atoms with E-state index in [1.807, 2.05) is 0 Å². The van der Waals surface area contributed by atoms with Gasteiger partial charge in [-0.25, -0.2) is 18.0 Å². The Bertz CT molecular complexity index is 1250. The van der Waals surface area contributed by atoms with Crippen molar-refractivity contribution in [3.8, 4) is 22.6 Å². The van der Waals surface area contributed by atoms with Crippen molar-refractivity contribution in [3.05, 3.63) is 82.7 Å². The van der Waals surface area contributed by atoms with Crippen LogP contribution in [0.3, 0.4) is 0 Å². The Balaban J connectivity index is 1.42. The quantitative estimate of drug-likeness (QED) is 0.339. The molecule has 1 aliphatic carbocycles. The number of aromatic hydroxyl groups is 2. The second-order valence-corrected chi connectivity index (χ2v) is 8.14. The molecule has 0 aromatic heterocycles. The standard InChI is InChI=1S/C25H19F5O4/c26-18-11-13(3-6-15(18)16-7-9-19(31)23(29)21(16)27)12-1-4-14(5-2-12)34-25(33)17-8-10-20(32)24(30)22(17)28/h3,6-12,14,31-32H,1-2,4-5H2. The van der Waals surface area contributed by atoms with Crippen LogP contribution in [-0.4, -0.2) is 22.3 Å². The third-order valence-electron chi connectivity index (χ3n) is 6.05. The second-order valence-electron chi connectivity index (χ2n) is 8.14. The van der Waals surface area contributed by atoms with E-state index in [1.165, 1.54) is 12.1 Å². The fourth-order valence-corrected chi connectivity index (χ4v) is 4.18. The predicted octanol–water partition coefficient (Wildman–Crippen LogP) is 6.34. The molecule has 4 rings (SSSR count). The summed E-state index contributed by atoms with van der Waals surface area (Å²) >= 11 is 0. The zero-order valence-electron chi connectivity index (χ0n) is 17.6. The number of benzene rings is 3. The van der Waals surface area contributed by atoms with E-state index < -0.39 is 58.2 Å². The lowest BCUT2D eigenvalue weighted by molar-refractivity contribution is 0.0189. The SMILES string of the molecule is O=C(OC1CCC(c2ccc(-c3ccc(O)c(F)c3F)c(F)c2)CC1)c1ccc(O)c(F)c1F. The molecule has 1 aliphatic rings. The molecule has 0 radical (unpaired) electrons. The Kier molecular flexibility index (Phi) is 6.45. The van der Waals surface area contributed by atoms with Crippen molar-refractivity contribution in [3.63, 3.8) is 0 Å². The van der Waals surface area contributed by atoms with Gasteiger partial charge in [-0.2, -0.15) is 8.78 Å². The molecule has 0 aliphatic heterocycles. The molecule has 0 bridgehead atoms. The van der Waals surface area contributed by atoms with E-state index in [9.17, 15) is 31.9 Å². The highest BCUT2D eigenvalue weighted by Crippen LogP contribution is 2.37. The Labute approximate surface area is 191 Å². The molecule has 0 atom stereocenters. The van der Waals surface area contributed by atoms with E-state index in [1.54, 1.807) is 6.07 Å². The average Bonchev–Trinajstić information content (AvgIpc) is 2.82. The molecule has 1 saturated carbocycles. The monoisotopic (exact) mass is 478 g/mol. The zero-order valence-corrected chi connectivity index (χ0v) is 17.6. The highest BCUT2D eigenvalue weighted by atomic mass is 19.2. The summed E-state index contributed by atoms with van der Waals surface area (Å²) < 4.78 is 75.1. The molecule has 178 valence electrons. The normalized spacial score (nSPS) is 18.0. The molecule has 0 heterocycles. The van der Waals surface area contributed by atoms with Crippen molar-refractivity contribution < 1.29 is 41.7 Å². The lowest BCUT2D eigenvalue weighted by atomic mass is 9.82. The maximum Gasteiger partial charge on any atom is 0.341 e. The molecular weight excluding hydrogens is 459 g/mol. The number of phenols is 2. The van der Waals surface area contributed by atoms with Crippen LogP contribution in [0.1, 0.15) is 47.5 Å². The van der Waals surface area contributed by atoms with Gasteiger partial charge in [0.25, 0.3) is 0 Å². The largest absolute Gasteiger partial charge is 0.505 e. The Morgan fingerprint density at radius 2 is 1.32 bits per heavy atom. The lowest BCUT2D eigenvalue weighted by Gasteiger charge is -2.29. The van der Waals surface area contributed by atoms with E-state index in [4.69, 9.17) is 9.84 Å². The number of rotatable bonds is 4. The maximum absolute atomic E-state index is 14.7. The van der Waals surface area contributed by atoms with Gasteiger partial charge in [0.15, 0.2) is 23.1 Å². The van der Waals surface area contributed by atoms with Crippen LogP contribution in [0.15, 0.2) is 42.5 Å². The number of hydrogen-bond donors (Lipinski definition) is 2. The van der Waals surface area contributed by atoms with E-state index >= 15 is 0 Å². The van der Waals surface area contributed by atoms with Gasteiger partial charge in [0.1, 0.15) is 11.9 Å². The molecule has 9 heteroatoms. The number of ether oxygens (including phenoxy) is 1. The Hall–Kier alpha value is -3.62. The highest BCUT2D eigenvalue weighted by molar-refractivity contribution is 5.90. The van der Waals surface area contributed by atoms with Crippen molar-refractivity contribution >= 4 is 5.97 Å². The predicted molar refractivity (Wildman–Crippen MR) is 112 cm³/mol.